The van der Waals surface area contributed by atoms with E-state index in [4.69, 9.17) is 4.74 Å². The van der Waals surface area contributed by atoms with E-state index < -0.39 is 0 Å². The molecular weight excluding hydrogens is 178 g/mol. The van der Waals surface area contributed by atoms with E-state index in [1.54, 1.807) is 0 Å². The smallest absolute Gasteiger partial charge is 0.307 e. The van der Waals surface area contributed by atoms with Crippen LogP contribution in [0.4, 0.5) is 0 Å². The van der Waals surface area contributed by atoms with Gasteiger partial charge in [0, 0.05) is 13.1 Å². The first-order valence-corrected chi connectivity index (χ1v) is 5.44. The molecule has 3 heteroatoms. The Morgan fingerprint density at radius 3 is 2.57 bits per heavy atom. The van der Waals surface area contributed by atoms with Crippen molar-refractivity contribution in [3.05, 3.63) is 0 Å². The van der Waals surface area contributed by atoms with Crippen molar-refractivity contribution in [3.8, 4) is 0 Å². The lowest BCUT2D eigenvalue weighted by Crippen LogP contribution is -2.27. The molecule has 0 aromatic rings. The third-order valence-corrected chi connectivity index (χ3v) is 2.32. The fraction of sp³-hybridized carbons (Fsp3) is 0.909. The second-order valence-electron chi connectivity index (χ2n) is 3.83. The van der Waals surface area contributed by atoms with Crippen LogP contribution in [0.15, 0.2) is 0 Å². The topological polar surface area (TPSA) is 29.5 Å². The van der Waals surface area contributed by atoms with Gasteiger partial charge in [0.25, 0.3) is 0 Å². The molecule has 0 fully saturated rings. The first kappa shape index (κ1) is 13.4. The van der Waals surface area contributed by atoms with E-state index in [0.29, 0.717) is 18.9 Å². The molecular formula is C11H23NO2. The maximum absolute atomic E-state index is 11.1. The molecule has 0 spiro atoms. The quantitative estimate of drug-likeness (QED) is 0.589. The highest BCUT2D eigenvalue weighted by Crippen LogP contribution is 2.03. The normalized spacial score (nSPS) is 12.9. The molecule has 84 valence electrons. The number of ether oxygens (including phenoxy) is 1. The van der Waals surface area contributed by atoms with Gasteiger partial charge in [-0.3, -0.25) is 4.79 Å². The summed E-state index contributed by atoms with van der Waals surface area (Å²) in [5, 5.41) is 0. The van der Waals surface area contributed by atoms with E-state index in [9.17, 15) is 4.79 Å². The second kappa shape index (κ2) is 7.80. The molecule has 0 aromatic carbocycles. The van der Waals surface area contributed by atoms with Crippen molar-refractivity contribution in [2.75, 3.05) is 26.7 Å². The zero-order valence-corrected chi connectivity index (χ0v) is 9.88. The van der Waals surface area contributed by atoms with Crippen molar-refractivity contribution < 1.29 is 9.53 Å². The van der Waals surface area contributed by atoms with Gasteiger partial charge in [-0.2, -0.15) is 0 Å². The predicted molar refractivity (Wildman–Crippen MR) is 58.2 cm³/mol. The van der Waals surface area contributed by atoms with Crippen molar-refractivity contribution in [1.29, 1.82) is 0 Å². The highest BCUT2D eigenvalue weighted by Gasteiger charge is 2.07. The van der Waals surface area contributed by atoms with Crippen molar-refractivity contribution in [3.63, 3.8) is 0 Å². The monoisotopic (exact) mass is 201 g/mol. The largest absolute Gasteiger partial charge is 0.466 e. The summed E-state index contributed by atoms with van der Waals surface area (Å²) in [5.41, 5.74) is 0. The van der Waals surface area contributed by atoms with E-state index in [2.05, 4.69) is 18.7 Å². The first-order chi connectivity index (χ1) is 6.60. The van der Waals surface area contributed by atoms with Crippen LogP contribution in [0, 0.1) is 5.92 Å². The van der Waals surface area contributed by atoms with Gasteiger partial charge >= 0.3 is 5.97 Å². The molecule has 0 radical (unpaired) electrons. The zero-order chi connectivity index (χ0) is 11.0. The lowest BCUT2D eigenvalue weighted by molar-refractivity contribution is -0.143. The number of carbonyl (C=O) groups is 1. The van der Waals surface area contributed by atoms with Crippen LogP contribution in [0.5, 0.6) is 0 Å². The van der Waals surface area contributed by atoms with Gasteiger partial charge in [0.1, 0.15) is 0 Å². The molecule has 0 rings (SSSR count). The van der Waals surface area contributed by atoms with Crippen molar-refractivity contribution in [1.82, 2.24) is 4.90 Å². The van der Waals surface area contributed by atoms with Gasteiger partial charge in [-0.15, -0.1) is 0 Å². The highest BCUT2D eigenvalue weighted by atomic mass is 16.5. The molecule has 0 N–H and O–H groups in total. The minimum Gasteiger partial charge on any atom is -0.466 e. The van der Waals surface area contributed by atoms with E-state index in [-0.39, 0.29) is 5.97 Å². The van der Waals surface area contributed by atoms with E-state index >= 15 is 0 Å². The fourth-order valence-corrected chi connectivity index (χ4v) is 1.27. The van der Waals surface area contributed by atoms with Gasteiger partial charge in [-0.05, 0) is 19.9 Å². The molecule has 1 atom stereocenters. The Bertz CT molecular complexity index is 159. The Balaban J connectivity index is 3.52. The van der Waals surface area contributed by atoms with Crippen LogP contribution < -0.4 is 0 Å². The van der Waals surface area contributed by atoms with Crippen LogP contribution in [0.2, 0.25) is 0 Å². The zero-order valence-electron chi connectivity index (χ0n) is 9.88. The Kier molecular flexibility index (Phi) is 7.48. The van der Waals surface area contributed by atoms with Gasteiger partial charge in [-0.25, -0.2) is 0 Å². The number of hydrogen-bond acceptors (Lipinski definition) is 3. The minimum absolute atomic E-state index is 0.0940. The molecule has 0 bridgehead atoms. The number of carbonyl (C=O) groups excluding carboxylic acids is 1. The number of hydrogen-bond donors (Lipinski definition) is 0. The maximum Gasteiger partial charge on any atom is 0.307 e. The molecule has 0 saturated carbocycles. The van der Waals surface area contributed by atoms with Crippen LogP contribution in [0.1, 0.15) is 33.6 Å². The third kappa shape index (κ3) is 6.89. The Hall–Kier alpha value is -0.570. The molecule has 3 nitrogen and oxygen atoms in total. The fourth-order valence-electron chi connectivity index (χ4n) is 1.27. The Labute approximate surface area is 87.4 Å². The van der Waals surface area contributed by atoms with Crippen molar-refractivity contribution in [2.24, 2.45) is 5.92 Å². The summed E-state index contributed by atoms with van der Waals surface area (Å²) in [6, 6.07) is 0. The van der Waals surface area contributed by atoms with Gasteiger partial charge in [-0.1, -0.05) is 20.3 Å². The molecule has 0 aliphatic carbocycles. The summed E-state index contributed by atoms with van der Waals surface area (Å²) in [7, 11) is 2.05. The molecule has 0 heterocycles. The van der Waals surface area contributed by atoms with E-state index in [0.717, 1.165) is 13.1 Å². The average Bonchev–Trinajstić information content (AvgIpc) is 2.15. The summed E-state index contributed by atoms with van der Waals surface area (Å²) in [5.74, 6) is 0.602. The summed E-state index contributed by atoms with van der Waals surface area (Å²) in [6.07, 6.45) is 1.69. The molecule has 0 aliphatic heterocycles. The standard InChI is InChI=1S/C11H23NO2/c1-5-10(3)9-12(4)8-7-11(13)14-6-2/h10H,5-9H2,1-4H3. The van der Waals surface area contributed by atoms with Crippen LogP contribution in [0.25, 0.3) is 0 Å². The number of esters is 1. The van der Waals surface area contributed by atoms with Crippen molar-refractivity contribution in [2.45, 2.75) is 33.6 Å². The first-order valence-electron chi connectivity index (χ1n) is 5.44. The summed E-state index contributed by atoms with van der Waals surface area (Å²) >= 11 is 0. The molecule has 0 aromatic heterocycles. The molecule has 14 heavy (non-hydrogen) atoms. The van der Waals surface area contributed by atoms with Gasteiger partial charge in [0.2, 0.25) is 0 Å². The lowest BCUT2D eigenvalue weighted by atomic mass is 10.1. The second-order valence-corrected chi connectivity index (χ2v) is 3.83. The van der Waals surface area contributed by atoms with E-state index in [1.807, 2.05) is 14.0 Å². The van der Waals surface area contributed by atoms with Gasteiger partial charge < -0.3 is 9.64 Å². The summed E-state index contributed by atoms with van der Waals surface area (Å²) in [6.45, 7) is 8.57. The Morgan fingerprint density at radius 2 is 2.07 bits per heavy atom. The van der Waals surface area contributed by atoms with Crippen LogP contribution in [-0.4, -0.2) is 37.6 Å². The lowest BCUT2D eigenvalue weighted by Gasteiger charge is -2.19. The number of nitrogens with zero attached hydrogens (tertiary/aromatic N) is 1. The van der Waals surface area contributed by atoms with Crippen LogP contribution in [-0.2, 0) is 9.53 Å². The SMILES string of the molecule is CCOC(=O)CCN(C)CC(C)CC. The van der Waals surface area contributed by atoms with Crippen LogP contribution >= 0.6 is 0 Å². The van der Waals surface area contributed by atoms with Gasteiger partial charge in [0.05, 0.1) is 13.0 Å². The Morgan fingerprint density at radius 1 is 1.43 bits per heavy atom. The molecule has 0 aliphatic rings. The van der Waals surface area contributed by atoms with Crippen molar-refractivity contribution >= 4 is 5.97 Å². The third-order valence-electron chi connectivity index (χ3n) is 2.32. The average molecular weight is 201 g/mol. The predicted octanol–water partition coefficient (Wildman–Crippen LogP) is 1.92. The molecule has 0 saturated heterocycles. The van der Waals surface area contributed by atoms with E-state index in [1.165, 1.54) is 6.42 Å². The summed E-state index contributed by atoms with van der Waals surface area (Å²) in [4.78, 5) is 13.2. The molecule has 1 unspecified atom stereocenters. The summed E-state index contributed by atoms with van der Waals surface area (Å²) < 4.78 is 4.86. The highest BCUT2D eigenvalue weighted by molar-refractivity contribution is 5.69. The van der Waals surface area contributed by atoms with Crippen LogP contribution in [0.3, 0.4) is 0 Å². The minimum atomic E-state index is -0.0940. The van der Waals surface area contributed by atoms with Gasteiger partial charge in [0.15, 0.2) is 0 Å². The molecule has 0 amide bonds. The maximum atomic E-state index is 11.1. The number of rotatable bonds is 7.